The molecule has 0 saturated carbocycles. The van der Waals surface area contributed by atoms with Gasteiger partial charge in [-0.15, -0.1) is 0 Å². The molecule has 9 aliphatic rings. The largest absolute Gasteiger partial charge is 0.477 e. The summed E-state index contributed by atoms with van der Waals surface area (Å²) in [6.45, 7) is -4.76. The topological polar surface area (TPSA) is 874 Å². The predicted molar refractivity (Wildman–Crippen MR) is 376 cm³/mol. The molecule has 55 heteroatoms. The van der Waals surface area contributed by atoms with E-state index in [1.54, 1.807) is 0 Å². The highest BCUT2D eigenvalue weighted by Gasteiger charge is 2.63. The molecular formula is C68H112N4O51. The molecule has 0 aromatic heterocycles. The first-order valence-electron chi connectivity index (χ1n) is 38.7. The highest BCUT2D eigenvalue weighted by atomic mass is 16.8. The number of hydrogen-bond acceptors (Lipinski definition) is 49. The van der Waals surface area contributed by atoms with Crippen LogP contribution in [-0.2, 0) is 109 Å². The molecular weight excluding hydrogens is 1690 g/mol. The van der Waals surface area contributed by atoms with Gasteiger partial charge in [0, 0.05) is 40.5 Å². The number of aliphatic carboxylic acids is 2. The van der Waals surface area contributed by atoms with Crippen molar-refractivity contribution in [2.45, 2.75) is 335 Å². The zero-order valence-electron chi connectivity index (χ0n) is 66.0. The minimum atomic E-state index is -3.16. The lowest BCUT2D eigenvalue weighted by Crippen LogP contribution is -2.70. The number of carboxylic acids is 2. The normalized spacial score (nSPS) is 46.6. The number of carbonyl (C=O) groups is 6. The Morgan fingerprint density at radius 2 is 0.691 bits per heavy atom. The van der Waals surface area contributed by atoms with E-state index in [0.717, 1.165) is 27.7 Å². The maximum absolute atomic E-state index is 13.3. The Kier molecular flexibility index (Phi) is 35.8. The predicted octanol–water partition coefficient (Wildman–Crippen LogP) is -20.6. The lowest BCUT2D eigenvalue weighted by Gasteiger charge is -2.51. The zero-order chi connectivity index (χ0) is 91.4. The van der Waals surface area contributed by atoms with E-state index in [1.807, 2.05) is 0 Å². The van der Waals surface area contributed by atoms with Gasteiger partial charge in [-0.3, -0.25) is 19.2 Å². The van der Waals surface area contributed by atoms with Gasteiger partial charge < -0.3 is 245 Å². The Balaban J connectivity index is 0.980. The fraction of sp³-hybridized carbons (Fsp3) is 0.912. The van der Waals surface area contributed by atoms with Crippen molar-refractivity contribution in [3.63, 3.8) is 0 Å². The Morgan fingerprint density at radius 1 is 0.350 bits per heavy atom. The Bertz CT molecular complexity index is 3430. The van der Waals surface area contributed by atoms with E-state index >= 15 is 0 Å². The third-order valence-corrected chi connectivity index (χ3v) is 22.3. The first-order chi connectivity index (χ1) is 57.7. The summed E-state index contributed by atoms with van der Waals surface area (Å²) in [5.74, 6) is -14.1. The van der Waals surface area contributed by atoms with Crippen LogP contribution >= 0.6 is 0 Å². The molecule has 1 unspecified atom stereocenters. The van der Waals surface area contributed by atoms with Crippen LogP contribution in [0.1, 0.15) is 47.5 Å². The van der Waals surface area contributed by atoms with Crippen LogP contribution < -0.4 is 21.3 Å². The second-order valence-electron chi connectivity index (χ2n) is 31.1. The molecule has 0 aliphatic carbocycles. The average Bonchev–Trinajstić information content (AvgIpc) is 0.767. The summed E-state index contributed by atoms with van der Waals surface area (Å²) in [6.07, 6.45) is -91.4. The first-order valence-corrected chi connectivity index (χ1v) is 38.7. The van der Waals surface area contributed by atoms with Crippen LogP contribution in [0, 0.1) is 0 Å². The van der Waals surface area contributed by atoms with Crippen LogP contribution in [0.5, 0.6) is 0 Å². The van der Waals surface area contributed by atoms with Crippen LogP contribution in [0.3, 0.4) is 0 Å². The second-order valence-corrected chi connectivity index (χ2v) is 31.1. The number of nitrogens with one attached hydrogen (secondary N) is 4. The molecule has 710 valence electrons. The summed E-state index contributed by atoms with van der Waals surface area (Å²) in [5, 5.41) is 319. The number of aliphatic hydroxyl groups excluding tert-OH is 26. The van der Waals surface area contributed by atoms with E-state index < -0.39 is 389 Å². The summed E-state index contributed by atoms with van der Waals surface area (Å²) >= 11 is 0. The summed E-state index contributed by atoms with van der Waals surface area (Å²) in [5.41, 5.74) is 0. The number of ether oxygens (including phenoxy) is 17. The third kappa shape index (κ3) is 22.6. The summed E-state index contributed by atoms with van der Waals surface area (Å²) in [7, 11) is 0. The van der Waals surface area contributed by atoms with Gasteiger partial charge in [-0.1, -0.05) is 0 Å². The van der Waals surface area contributed by atoms with Gasteiger partial charge in [0.25, 0.3) is 11.6 Å². The lowest BCUT2D eigenvalue weighted by atomic mass is 9.88. The quantitative estimate of drug-likeness (QED) is 0.0284. The molecule has 0 aromatic carbocycles. The Morgan fingerprint density at radius 3 is 1.13 bits per heavy atom. The van der Waals surface area contributed by atoms with Gasteiger partial charge in [0.15, 0.2) is 44.0 Å². The molecule has 0 radical (unpaired) electrons. The maximum Gasteiger partial charge on any atom is 0.364 e. The highest BCUT2D eigenvalue weighted by molar-refractivity contribution is 5.78. The number of carboxylic acid groups (broad SMARTS) is 2. The summed E-state index contributed by atoms with van der Waals surface area (Å²) in [6, 6.07) is -7.47. The van der Waals surface area contributed by atoms with Gasteiger partial charge in [-0.2, -0.15) is 0 Å². The van der Waals surface area contributed by atoms with Gasteiger partial charge in [0.1, 0.15) is 201 Å². The number of carbonyl (C=O) groups excluding carboxylic acids is 4. The second kappa shape index (κ2) is 43.2. The number of amides is 4. The summed E-state index contributed by atoms with van der Waals surface area (Å²) in [4.78, 5) is 76.8. The smallest absolute Gasteiger partial charge is 0.364 e. The van der Waals surface area contributed by atoms with E-state index in [4.69, 9.17) is 80.5 Å². The van der Waals surface area contributed by atoms with Crippen LogP contribution in [0.2, 0.25) is 0 Å². The molecule has 123 heavy (non-hydrogen) atoms. The fourth-order valence-electron chi connectivity index (χ4n) is 15.6. The number of rotatable bonds is 34. The van der Waals surface area contributed by atoms with E-state index in [2.05, 4.69) is 21.3 Å². The molecule has 47 atom stereocenters. The van der Waals surface area contributed by atoms with Crippen molar-refractivity contribution in [2.24, 2.45) is 0 Å². The molecule has 9 rings (SSSR count). The van der Waals surface area contributed by atoms with Crippen LogP contribution in [0.15, 0.2) is 0 Å². The van der Waals surface area contributed by atoms with Gasteiger partial charge in [-0.05, 0) is 6.92 Å². The standard InChI is InChI=1S/C68H112N4O51/c1-16-35(86)43(94)48(99)61(110-16)121-57-45(96)39(90)30(15-109-68(66(105)106)7-22(83)32(70-18(3)79)55(123-68)37(88)24(85)9-74)116-64(57)119-52-27(12-77)113-60(34(42(52)93)72-20(5)81)120-56-40(91)28(114-63(50(56)101)118-53-25(10-75)111-58(102)47(98)46(53)97)13-107-59-33(71-19(4)80)41(92)51(26(11-76)112-59)117-62-49(100)44(95)38(89)29(115-62)14-108-67(65(103)104)6-21(82)31(69-17(2)78)54(122-67)36(87)23(84)8-73/h16,21-64,73-77,82-102H,6-15H2,1-5H3,(H,69,78)(H,70,79)(H,71,80)(H,72,81)(H,103,104)(H,105,106)/t16-,21-,22-,23+,24+,25+,26+,27+,28+,29+,30+,31+,32+,33+,34+,35+,36+,37+,38-,39-,40-,41+,42+,43+,44-,45-,46+,47+,48-,49+,50+,51+,52+,53+,54+,55+,56-,57+,58?,59+,60-,61-,62-,63-,64-,67+,68+/m0/s1. The fourth-order valence-corrected chi connectivity index (χ4v) is 15.6. The van der Waals surface area contributed by atoms with E-state index in [-0.39, 0.29) is 0 Å². The number of aliphatic hydroxyl groups is 26. The SMILES string of the molecule is CC(=O)N[C@H]1[C@H](OC[C@H]2O[C@@H](O[C@H]3[C@H](O)[C@@H](O)C(O)O[C@@H]3CO)[C@H](O)[C@@H](O[C@@H]3O[C@H](CO)[C@@H](O[C@@H]4O[C@H](CO[C@]5(C(=O)O)C[C@H](O)[C@@H](NC(C)=O)[C@H]([C@H](O)[C@H](O)CO)O5)[C@H](O)[C@H](O)[C@H]4O[C@@H]4O[C@@H](C)[C@@H](O)[C@@H](O)[C@@H]4O)[C@H](O)[C@H]3NC(C)=O)[C@H]2O)O[C@H](CO)[C@@H](O[C@@H]2O[C@H](CO[C@]3(C(=O)O)C[C@H](O)[C@@H](NC(C)=O)[C@H]([C@H](O)[C@H](O)CO)O3)[C@H](O)[C@H](O)[C@H]2O)[C@@H]1O. The van der Waals surface area contributed by atoms with Crippen LogP contribution in [0.4, 0.5) is 0 Å². The van der Waals surface area contributed by atoms with Gasteiger partial charge >= 0.3 is 11.9 Å². The lowest BCUT2D eigenvalue weighted by molar-refractivity contribution is -0.395. The minimum Gasteiger partial charge on any atom is -0.477 e. The zero-order valence-corrected chi connectivity index (χ0v) is 66.0. The van der Waals surface area contributed by atoms with Crippen molar-refractivity contribution in [2.75, 3.05) is 52.9 Å². The molecule has 0 aromatic rings. The van der Waals surface area contributed by atoms with Crippen molar-refractivity contribution in [1.29, 1.82) is 0 Å². The average molecular weight is 1800 g/mol. The Hall–Kier alpha value is -4.90. The molecule has 32 N–H and O–H groups in total. The van der Waals surface area contributed by atoms with Crippen LogP contribution in [0.25, 0.3) is 0 Å². The van der Waals surface area contributed by atoms with Crippen molar-refractivity contribution in [3.8, 4) is 0 Å². The Labute approximate surface area is 694 Å². The summed E-state index contributed by atoms with van der Waals surface area (Å²) < 4.78 is 99.3. The van der Waals surface area contributed by atoms with Gasteiger partial charge in [0.2, 0.25) is 23.6 Å². The molecule has 9 fully saturated rings. The van der Waals surface area contributed by atoms with Crippen molar-refractivity contribution in [1.82, 2.24) is 21.3 Å². The van der Waals surface area contributed by atoms with E-state index in [1.165, 1.54) is 6.92 Å². The third-order valence-electron chi connectivity index (χ3n) is 22.3. The van der Waals surface area contributed by atoms with E-state index in [0.29, 0.717) is 0 Å². The molecule has 55 nitrogen and oxygen atoms in total. The monoisotopic (exact) mass is 1800 g/mol. The molecule has 9 saturated heterocycles. The number of hydrogen-bond donors (Lipinski definition) is 32. The molecule has 0 bridgehead atoms. The molecule has 0 spiro atoms. The van der Waals surface area contributed by atoms with Crippen molar-refractivity contribution >= 4 is 35.6 Å². The van der Waals surface area contributed by atoms with Crippen LogP contribution in [-0.4, -0.2) is 519 Å². The van der Waals surface area contributed by atoms with Crippen molar-refractivity contribution < 1.29 is 252 Å². The first kappa shape index (κ1) is 102. The highest BCUT2D eigenvalue weighted by Crippen LogP contribution is 2.42. The minimum absolute atomic E-state index is 0.838. The molecule has 9 aliphatic heterocycles. The van der Waals surface area contributed by atoms with Gasteiger partial charge in [-0.25, -0.2) is 9.59 Å². The molecule has 4 amide bonds. The molecule has 9 heterocycles. The maximum atomic E-state index is 13.3. The van der Waals surface area contributed by atoms with E-state index in [9.17, 15) is 172 Å². The van der Waals surface area contributed by atoms with Crippen molar-refractivity contribution in [3.05, 3.63) is 0 Å². The van der Waals surface area contributed by atoms with Gasteiger partial charge in [0.05, 0.1) is 83.3 Å².